The fraction of sp³-hybridized carbons (Fsp3) is 0.531. The van der Waals surface area contributed by atoms with Gasteiger partial charge >= 0.3 is 0 Å². The summed E-state index contributed by atoms with van der Waals surface area (Å²) in [5, 5.41) is 13.6. The van der Waals surface area contributed by atoms with E-state index in [1.54, 1.807) is 0 Å². The first-order valence-electron chi connectivity index (χ1n) is 20.1. The number of aliphatic hydroxyl groups excluding tert-OH is 1. The summed E-state index contributed by atoms with van der Waals surface area (Å²) in [6.45, 7) is 35.3. The van der Waals surface area contributed by atoms with Crippen molar-refractivity contribution in [1.29, 1.82) is 0 Å². The molecule has 7 rings (SSSR count). The molecule has 3 unspecified atom stereocenters. The maximum absolute atomic E-state index is 12.6. The average Bonchev–Trinajstić information content (AvgIpc) is 3.08. The van der Waals surface area contributed by atoms with Gasteiger partial charge in [-0.1, -0.05) is 113 Å². The van der Waals surface area contributed by atoms with Crippen LogP contribution in [0.2, 0.25) is 0 Å². The van der Waals surface area contributed by atoms with Gasteiger partial charge in [0.15, 0.2) is 0 Å². The lowest BCUT2D eigenvalue weighted by atomic mass is 9.71. The van der Waals surface area contributed by atoms with Gasteiger partial charge in [-0.2, -0.15) is 0 Å². The maximum atomic E-state index is 12.6. The summed E-state index contributed by atoms with van der Waals surface area (Å²) in [4.78, 5) is 4.74. The molecule has 0 spiro atoms. The van der Waals surface area contributed by atoms with Crippen LogP contribution in [0, 0.1) is 11.8 Å². The second-order valence-corrected chi connectivity index (χ2v) is 20.7. The van der Waals surface area contributed by atoms with Crippen LogP contribution >= 0.6 is 0 Å². The van der Waals surface area contributed by atoms with Crippen molar-refractivity contribution >= 4 is 10.9 Å². The molecule has 3 aromatic carbocycles. The molecule has 3 fully saturated rings. The Kier molecular flexibility index (Phi) is 10.4. The number of pyridine rings is 1. The SMILES string of the molecule is C=CC1C[N+]2(Cc3cc(C(C)(C)C)cc(C(C)(C)C)c3)CCC1C[C@H]2[C@H](O)c1ccnc2ccc(OCc3cc(C(C)(C)C)cc(C(C)(C)C)c3)cc12. The van der Waals surface area contributed by atoms with Crippen LogP contribution in [0.1, 0.15) is 141 Å². The monoisotopic (exact) mass is 716 g/mol. The van der Waals surface area contributed by atoms with E-state index in [1.807, 2.05) is 24.4 Å². The molecule has 53 heavy (non-hydrogen) atoms. The van der Waals surface area contributed by atoms with Crippen molar-refractivity contribution in [2.75, 3.05) is 13.1 Å². The molecule has 3 aliphatic rings. The predicted octanol–water partition coefficient (Wildman–Crippen LogP) is 11.6. The fourth-order valence-electron chi connectivity index (χ4n) is 8.90. The normalized spacial score (nSPS) is 22.9. The van der Waals surface area contributed by atoms with Crippen LogP contribution in [0.4, 0.5) is 0 Å². The van der Waals surface area contributed by atoms with Gasteiger partial charge in [-0.25, -0.2) is 0 Å². The number of fused-ring (bicyclic) bond motifs is 4. The second-order valence-electron chi connectivity index (χ2n) is 20.7. The third kappa shape index (κ3) is 8.30. The van der Waals surface area contributed by atoms with E-state index in [1.165, 1.54) is 39.8 Å². The Balaban J connectivity index is 1.35. The molecule has 3 aliphatic heterocycles. The second kappa shape index (κ2) is 14.0. The zero-order valence-electron chi connectivity index (χ0n) is 34.9. The highest BCUT2D eigenvalue weighted by Crippen LogP contribution is 2.48. The molecule has 4 heteroatoms. The molecule has 1 aromatic heterocycles. The molecule has 0 saturated carbocycles. The van der Waals surface area contributed by atoms with Crippen molar-refractivity contribution in [2.45, 2.75) is 143 Å². The molecule has 284 valence electrons. The number of quaternary nitrogens is 1. The Morgan fingerprint density at radius 3 is 1.85 bits per heavy atom. The van der Waals surface area contributed by atoms with Crippen molar-refractivity contribution in [3.05, 3.63) is 118 Å². The minimum atomic E-state index is -0.630. The highest BCUT2D eigenvalue weighted by atomic mass is 16.5. The third-order valence-corrected chi connectivity index (χ3v) is 12.5. The van der Waals surface area contributed by atoms with E-state index in [4.69, 9.17) is 9.72 Å². The standard InChI is InChI=1S/C49H67N2O2/c1-14-34-30-51(29-32-21-36(46(2,3)4)26-37(22-32)47(5,6)7)20-18-35(34)25-44(51)45(52)41-17-19-50-43-16-15-40(28-42(41)43)53-31-33-23-38(48(8,9)10)27-39(24-33)49(11,12)13/h14-17,19,21-24,26-28,34-35,44-45,52H,1,18,20,25,29-31H2,2-13H3/q+1/t34?,35?,44-,45+,51?/m0/s1. The number of nitrogens with zero attached hydrogens (tertiary/aromatic N) is 2. The van der Waals surface area contributed by atoms with E-state index < -0.39 is 6.10 Å². The van der Waals surface area contributed by atoms with Crippen LogP contribution in [0.15, 0.2) is 79.5 Å². The van der Waals surface area contributed by atoms with Gasteiger partial charge in [-0.15, -0.1) is 6.58 Å². The smallest absolute Gasteiger partial charge is 0.131 e. The molecule has 3 saturated heterocycles. The van der Waals surface area contributed by atoms with Crippen LogP contribution in [0.5, 0.6) is 5.75 Å². The molecule has 0 radical (unpaired) electrons. The van der Waals surface area contributed by atoms with Crippen molar-refractivity contribution in [3.63, 3.8) is 0 Å². The number of hydrogen-bond acceptors (Lipinski definition) is 3. The summed E-state index contributed by atoms with van der Waals surface area (Å²) in [5.74, 6) is 1.81. The summed E-state index contributed by atoms with van der Waals surface area (Å²) in [6.07, 6.45) is 5.59. The van der Waals surface area contributed by atoms with Crippen LogP contribution in [0.3, 0.4) is 0 Å². The Bertz CT molecular complexity index is 1900. The lowest BCUT2D eigenvalue weighted by Gasteiger charge is -2.58. The summed E-state index contributed by atoms with van der Waals surface area (Å²) >= 11 is 0. The van der Waals surface area contributed by atoms with Gasteiger partial charge in [0.05, 0.1) is 18.6 Å². The Labute approximate surface area is 321 Å². The Morgan fingerprint density at radius 2 is 1.32 bits per heavy atom. The molecule has 2 bridgehead atoms. The fourth-order valence-corrected chi connectivity index (χ4v) is 8.90. The highest BCUT2D eigenvalue weighted by molar-refractivity contribution is 5.84. The molecular formula is C49H67N2O2+. The van der Waals surface area contributed by atoms with Gasteiger partial charge in [-0.05, 0) is 97.4 Å². The van der Waals surface area contributed by atoms with E-state index in [9.17, 15) is 5.11 Å². The molecule has 4 heterocycles. The van der Waals surface area contributed by atoms with E-state index >= 15 is 0 Å². The van der Waals surface area contributed by atoms with Gasteiger partial charge in [-0.3, -0.25) is 4.98 Å². The zero-order valence-corrected chi connectivity index (χ0v) is 34.9. The minimum absolute atomic E-state index is 0.0417. The Hall–Kier alpha value is -3.47. The van der Waals surface area contributed by atoms with Gasteiger partial charge in [0.25, 0.3) is 0 Å². The first-order valence-corrected chi connectivity index (χ1v) is 20.1. The number of piperidine rings is 3. The molecule has 1 N–H and O–H groups in total. The van der Waals surface area contributed by atoms with Crippen molar-refractivity contribution in [1.82, 2.24) is 4.98 Å². The van der Waals surface area contributed by atoms with Gasteiger partial charge in [0.1, 0.15) is 31.0 Å². The van der Waals surface area contributed by atoms with Crippen molar-refractivity contribution < 1.29 is 14.3 Å². The number of aliphatic hydroxyl groups is 1. The summed E-state index contributed by atoms with van der Waals surface area (Å²) in [5.41, 5.74) is 9.99. The molecule has 0 amide bonds. The number of rotatable bonds is 8. The Morgan fingerprint density at radius 1 is 0.774 bits per heavy atom. The van der Waals surface area contributed by atoms with Crippen molar-refractivity contribution in [2.24, 2.45) is 11.8 Å². The first kappa shape index (κ1) is 39.2. The van der Waals surface area contributed by atoms with Crippen LogP contribution in [-0.4, -0.2) is 33.7 Å². The van der Waals surface area contributed by atoms with E-state index in [2.05, 4.69) is 138 Å². The van der Waals surface area contributed by atoms with Crippen LogP contribution < -0.4 is 4.74 Å². The lowest BCUT2D eigenvalue weighted by molar-refractivity contribution is -0.984. The molecule has 5 atom stereocenters. The number of hydrogen-bond donors (Lipinski definition) is 1. The number of aromatic nitrogens is 1. The molecule has 0 aliphatic carbocycles. The first-order chi connectivity index (χ1) is 24.6. The van der Waals surface area contributed by atoms with Crippen molar-refractivity contribution in [3.8, 4) is 5.75 Å². The number of ether oxygens (including phenoxy) is 1. The third-order valence-electron chi connectivity index (χ3n) is 12.5. The van der Waals surface area contributed by atoms with Crippen LogP contribution in [-0.2, 0) is 34.8 Å². The summed E-state index contributed by atoms with van der Waals surface area (Å²) < 4.78 is 7.43. The van der Waals surface area contributed by atoms with E-state index in [0.717, 1.165) is 52.8 Å². The summed E-state index contributed by atoms with van der Waals surface area (Å²) in [6, 6.07) is 22.5. The molecule has 4 nitrogen and oxygen atoms in total. The lowest BCUT2D eigenvalue weighted by Crippen LogP contribution is -2.67. The average molecular weight is 716 g/mol. The predicted molar refractivity (Wildman–Crippen MR) is 223 cm³/mol. The number of benzene rings is 3. The van der Waals surface area contributed by atoms with Gasteiger partial charge in [0.2, 0.25) is 0 Å². The maximum Gasteiger partial charge on any atom is 0.131 e. The summed E-state index contributed by atoms with van der Waals surface area (Å²) in [7, 11) is 0. The molecule has 4 aromatic rings. The van der Waals surface area contributed by atoms with Gasteiger partial charge < -0.3 is 14.3 Å². The van der Waals surface area contributed by atoms with E-state index in [0.29, 0.717) is 18.4 Å². The topological polar surface area (TPSA) is 42.4 Å². The molecular weight excluding hydrogens is 649 g/mol. The largest absolute Gasteiger partial charge is 0.489 e. The quantitative estimate of drug-likeness (QED) is 0.146. The van der Waals surface area contributed by atoms with E-state index in [-0.39, 0.29) is 27.7 Å². The highest BCUT2D eigenvalue weighted by Gasteiger charge is 2.54. The minimum Gasteiger partial charge on any atom is -0.489 e. The van der Waals surface area contributed by atoms with Crippen LogP contribution in [0.25, 0.3) is 10.9 Å². The van der Waals surface area contributed by atoms with Gasteiger partial charge in [0, 0.05) is 35.9 Å². The zero-order chi connectivity index (χ0) is 38.7.